The summed E-state index contributed by atoms with van der Waals surface area (Å²) >= 11 is 0. The summed E-state index contributed by atoms with van der Waals surface area (Å²) in [6.45, 7) is 10.9. The average Bonchev–Trinajstić information content (AvgIpc) is 3.48. The summed E-state index contributed by atoms with van der Waals surface area (Å²) in [6.07, 6.45) is 1.57. The first-order valence-corrected chi connectivity index (χ1v) is 14.1. The molecule has 4 rings (SSSR count). The summed E-state index contributed by atoms with van der Waals surface area (Å²) in [5, 5.41) is 18.2. The molecule has 0 aliphatic carbocycles. The summed E-state index contributed by atoms with van der Waals surface area (Å²) in [5.41, 5.74) is 2.26. The first-order chi connectivity index (χ1) is 19.4. The minimum absolute atomic E-state index is 0. The number of carbonyl (C=O) groups is 2. The molecule has 1 atom stereocenters. The number of aliphatic carboxylic acids is 1. The lowest BCUT2D eigenvalue weighted by Gasteiger charge is -2.32. The molecule has 0 bridgehead atoms. The van der Waals surface area contributed by atoms with E-state index >= 15 is 4.39 Å². The van der Waals surface area contributed by atoms with Gasteiger partial charge in [-0.1, -0.05) is 20.8 Å². The molecule has 1 unspecified atom stereocenters. The Balaban J connectivity index is 0.00000484. The van der Waals surface area contributed by atoms with Gasteiger partial charge >= 0.3 is 5.97 Å². The molecule has 2 aliphatic heterocycles. The number of halogens is 2. The molecule has 42 heavy (non-hydrogen) atoms. The zero-order chi connectivity index (χ0) is 30.1. The average molecular weight is 651 g/mol. The van der Waals surface area contributed by atoms with Crippen LogP contribution in [0.15, 0.2) is 18.2 Å². The van der Waals surface area contributed by atoms with E-state index < -0.39 is 11.8 Å². The number of Topliss-reactive ketones (excluding diaryl/α,β-unsaturated/α-hetero) is 1. The van der Waals surface area contributed by atoms with Crippen LogP contribution in [0.2, 0.25) is 0 Å². The van der Waals surface area contributed by atoms with Gasteiger partial charge in [0, 0.05) is 30.3 Å². The Morgan fingerprint density at radius 3 is 2.40 bits per heavy atom. The number of ether oxygens (including phenoxy) is 3. The van der Waals surface area contributed by atoms with Gasteiger partial charge in [0.2, 0.25) is 0 Å². The number of hydrogen-bond acceptors (Lipinski definition) is 7. The molecule has 0 aromatic heterocycles. The van der Waals surface area contributed by atoms with E-state index in [0.717, 1.165) is 18.4 Å². The van der Waals surface area contributed by atoms with Crippen LogP contribution in [0.25, 0.3) is 0 Å². The number of carboxylic acid groups (broad SMARTS) is 1. The second-order valence-electron chi connectivity index (χ2n) is 11.5. The van der Waals surface area contributed by atoms with Crippen molar-refractivity contribution in [2.45, 2.75) is 71.9 Å². The lowest BCUT2D eigenvalue weighted by molar-refractivity contribution is -0.137. The van der Waals surface area contributed by atoms with Crippen molar-refractivity contribution in [1.82, 2.24) is 4.90 Å². The van der Waals surface area contributed by atoms with E-state index in [9.17, 15) is 14.7 Å². The fraction of sp³-hybridized carbons (Fsp3) is 0.516. The van der Waals surface area contributed by atoms with Gasteiger partial charge in [-0.3, -0.25) is 15.0 Å². The van der Waals surface area contributed by atoms with Crippen LogP contribution < -0.4 is 19.1 Å². The molecule has 0 saturated carbocycles. The van der Waals surface area contributed by atoms with Gasteiger partial charge in [0.1, 0.15) is 11.6 Å². The fourth-order valence-corrected chi connectivity index (χ4v) is 5.75. The molecule has 2 aliphatic rings. The maximum Gasteiger partial charge on any atom is 0.305 e. The van der Waals surface area contributed by atoms with Crippen molar-refractivity contribution < 1.29 is 33.3 Å². The van der Waals surface area contributed by atoms with Crippen molar-refractivity contribution in [3.05, 3.63) is 46.3 Å². The zero-order valence-corrected chi connectivity index (χ0v) is 26.8. The zero-order valence-electron chi connectivity index (χ0n) is 25.1. The van der Waals surface area contributed by atoms with Crippen LogP contribution >= 0.6 is 17.0 Å². The minimum Gasteiger partial charge on any atom is -0.494 e. The molecule has 0 amide bonds. The van der Waals surface area contributed by atoms with Crippen LogP contribution in [0.4, 0.5) is 10.1 Å². The predicted molar refractivity (Wildman–Crippen MR) is 165 cm³/mol. The van der Waals surface area contributed by atoms with Crippen LogP contribution in [0.5, 0.6) is 17.2 Å². The molecule has 2 heterocycles. The first-order valence-electron chi connectivity index (χ1n) is 14.1. The lowest BCUT2D eigenvalue weighted by Crippen LogP contribution is -2.33. The highest BCUT2D eigenvalue weighted by molar-refractivity contribution is 8.93. The van der Waals surface area contributed by atoms with Gasteiger partial charge in [-0.05, 0) is 55.9 Å². The Morgan fingerprint density at radius 2 is 1.81 bits per heavy atom. The molecular weight excluding hydrogens is 609 g/mol. The third kappa shape index (κ3) is 6.50. The van der Waals surface area contributed by atoms with Gasteiger partial charge in [0.25, 0.3) is 0 Å². The van der Waals surface area contributed by atoms with Crippen molar-refractivity contribution in [1.29, 1.82) is 5.41 Å². The molecule has 1 fully saturated rings. The van der Waals surface area contributed by atoms with Gasteiger partial charge in [-0.15, -0.1) is 17.0 Å². The highest BCUT2D eigenvalue weighted by Crippen LogP contribution is 2.43. The van der Waals surface area contributed by atoms with E-state index in [1.54, 1.807) is 38.0 Å². The number of nitrogens with one attached hydrogen (secondary N) is 1. The van der Waals surface area contributed by atoms with E-state index in [-0.39, 0.29) is 83.2 Å². The monoisotopic (exact) mass is 649 g/mol. The third-order valence-electron chi connectivity index (χ3n) is 7.61. The number of benzene rings is 2. The molecule has 1 saturated heterocycles. The van der Waals surface area contributed by atoms with Crippen LogP contribution in [-0.4, -0.2) is 67.0 Å². The SMILES string of the molecule is Br.CCOc1cc2c(c(F)c1OCC)C(=N)N(CC(=O)c1cc(N3CCCC3CC(=O)O)c(OC)c(C(C)(C)C)c1)C2. The van der Waals surface area contributed by atoms with Gasteiger partial charge in [-0.2, -0.15) is 0 Å². The molecule has 2 N–H and O–H groups in total. The fourth-order valence-electron chi connectivity index (χ4n) is 5.75. The van der Waals surface area contributed by atoms with Gasteiger partial charge in [0.05, 0.1) is 44.5 Å². The number of amidine groups is 1. The normalized spacial score (nSPS) is 16.3. The smallest absolute Gasteiger partial charge is 0.305 e. The number of fused-ring (bicyclic) bond motifs is 1. The minimum atomic E-state index is -0.872. The van der Waals surface area contributed by atoms with E-state index in [2.05, 4.69) is 0 Å². The third-order valence-corrected chi connectivity index (χ3v) is 7.61. The van der Waals surface area contributed by atoms with Crippen LogP contribution in [0.1, 0.15) is 80.9 Å². The number of ketones is 1. The largest absolute Gasteiger partial charge is 0.494 e. The molecule has 11 heteroatoms. The van der Waals surface area contributed by atoms with Crippen molar-refractivity contribution >= 4 is 40.3 Å². The topological polar surface area (TPSA) is 112 Å². The molecule has 9 nitrogen and oxygen atoms in total. The van der Waals surface area contributed by atoms with Gasteiger partial charge < -0.3 is 29.1 Å². The number of rotatable bonds is 11. The second-order valence-corrected chi connectivity index (χ2v) is 11.5. The van der Waals surface area contributed by atoms with E-state index in [1.165, 1.54) is 0 Å². The lowest BCUT2D eigenvalue weighted by atomic mass is 9.84. The maximum absolute atomic E-state index is 15.5. The van der Waals surface area contributed by atoms with Crippen LogP contribution in [-0.2, 0) is 16.8 Å². The highest BCUT2D eigenvalue weighted by Gasteiger charge is 2.35. The maximum atomic E-state index is 15.5. The number of carbonyl (C=O) groups excluding carboxylic acids is 1. The van der Waals surface area contributed by atoms with E-state index in [1.807, 2.05) is 31.7 Å². The summed E-state index contributed by atoms with van der Waals surface area (Å²) < 4.78 is 32.5. The van der Waals surface area contributed by atoms with Crippen molar-refractivity contribution in [2.24, 2.45) is 0 Å². The molecule has 2 aromatic carbocycles. The van der Waals surface area contributed by atoms with Crippen LogP contribution in [0.3, 0.4) is 0 Å². The quantitative estimate of drug-likeness (QED) is 0.286. The van der Waals surface area contributed by atoms with Crippen molar-refractivity contribution in [2.75, 3.05) is 38.3 Å². The van der Waals surface area contributed by atoms with E-state index in [4.69, 9.17) is 19.6 Å². The number of hydrogen-bond donors (Lipinski definition) is 2. The second kappa shape index (κ2) is 13.3. The first kappa shape index (κ1) is 33.2. The summed E-state index contributed by atoms with van der Waals surface area (Å²) in [5.74, 6) is -0.967. The highest BCUT2D eigenvalue weighted by atomic mass is 79.9. The Hall–Kier alpha value is -3.34. The van der Waals surface area contributed by atoms with Crippen molar-refractivity contribution in [3.8, 4) is 17.2 Å². The van der Waals surface area contributed by atoms with Gasteiger partial charge in [0.15, 0.2) is 23.1 Å². The van der Waals surface area contributed by atoms with Crippen molar-refractivity contribution in [3.63, 3.8) is 0 Å². The Labute approximate surface area is 257 Å². The number of methoxy groups -OCH3 is 1. The number of anilines is 1. The molecule has 2 aromatic rings. The Kier molecular flexibility index (Phi) is 10.5. The summed E-state index contributed by atoms with van der Waals surface area (Å²) in [7, 11) is 1.59. The summed E-state index contributed by atoms with van der Waals surface area (Å²) in [4.78, 5) is 28.9. The molecule has 0 spiro atoms. The van der Waals surface area contributed by atoms with E-state index in [0.29, 0.717) is 35.7 Å². The Bertz CT molecular complexity index is 1360. The number of nitrogens with zero attached hydrogens (tertiary/aromatic N) is 2. The Morgan fingerprint density at radius 1 is 1.12 bits per heavy atom. The standard InChI is InChI=1S/C31H40FN3O6.BrH/c1-7-40-24-14-19-16-34(30(33)26(19)27(32)29(24)41-8-2)17-23(36)18-12-21(31(3,4)5)28(39-6)22(13-18)35-11-9-10-20(35)15-25(37)38;/h12-14,20,33H,7-11,15-17H2,1-6H3,(H,37,38);1H. The molecule has 0 radical (unpaired) electrons. The molecule has 230 valence electrons. The van der Waals surface area contributed by atoms with Crippen LogP contribution in [0, 0.1) is 11.2 Å². The summed E-state index contributed by atoms with van der Waals surface area (Å²) in [6, 6.07) is 5.07. The van der Waals surface area contributed by atoms with Gasteiger partial charge in [-0.25, -0.2) is 4.39 Å². The molecular formula is C31H41BrFN3O6. The predicted octanol–water partition coefficient (Wildman–Crippen LogP) is 5.97. The number of carboxylic acids is 1.